The predicted octanol–water partition coefficient (Wildman–Crippen LogP) is 3.56. The normalized spacial score (nSPS) is 13.0. The molecule has 1 atom stereocenters. The lowest BCUT2D eigenvalue weighted by molar-refractivity contribution is -0.156. The van der Waals surface area contributed by atoms with Gasteiger partial charge in [-0.1, -0.05) is 29.0 Å². The smallest absolute Gasteiger partial charge is 0.323 e. The molecule has 1 aromatic heterocycles. The molecule has 0 radical (unpaired) electrons. The maximum atomic E-state index is 12.3. The van der Waals surface area contributed by atoms with Gasteiger partial charge in [0.25, 0.3) is 0 Å². The summed E-state index contributed by atoms with van der Waals surface area (Å²) >= 11 is 7.22. The molecule has 0 aliphatic carbocycles. The van der Waals surface area contributed by atoms with E-state index in [4.69, 9.17) is 22.1 Å². The highest BCUT2D eigenvalue weighted by atomic mass is 35.5. The van der Waals surface area contributed by atoms with Crippen LogP contribution in [0.2, 0.25) is 5.02 Å². The third-order valence-electron chi connectivity index (χ3n) is 4.03. The van der Waals surface area contributed by atoms with Gasteiger partial charge in [0.15, 0.2) is 15.0 Å². The highest BCUT2D eigenvalue weighted by Crippen LogP contribution is 2.35. The minimum Gasteiger partial charge on any atom is -0.459 e. The Morgan fingerprint density at radius 1 is 1.32 bits per heavy atom. The molecule has 170 valence electrons. The highest BCUT2D eigenvalue weighted by molar-refractivity contribution is 7.90. The lowest BCUT2D eigenvalue weighted by atomic mass is 10.1. The van der Waals surface area contributed by atoms with E-state index < -0.39 is 27.4 Å². The summed E-state index contributed by atoms with van der Waals surface area (Å²) in [5, 5.41) is 3.19. The Morgan fingerprint density at radius 3 is 2.55 bits per heavy atom. The van der Waals surface area contributed by atoms with Gasteiger partial charge in [-0.2, -0.15) is 0 Å². The monoisotopic (exact) mass is 487 g/mol. The summed E-state index contributed by atoms with van der Waals surface area (Å²) in [7, 11) is -3.49. The van der Waals surface area contributed by atoms with E-state index in [2.05, 4.69) is 10.3 Å². The van der Waals surface area contributed by atoms with E-state index >= 15 is 0 Å². The number of thiazole rings is 1. The average Bonchev–Trinajstić information content (AvgIpc) is 2.97. The fourth-order valence-corrected chi connectivity index (χ4v) is 4.89. The maximum absolute atomic E-state index is 12.3. The highest BCUT2D eigenvalue weighted by Gasteiger charge is 2.23. The molecule has 0 bridgehead atoms. The van der Waals surface area contributed by atoms with Gasteiger partial charge in [0.1, 0.15) is 11.6 Å². The van der Waals surface area contributed by atoms with Crippen LogP contribution >= 0.6 is 22.9 Å². The Balaban J connectivity index is 2.07. The van der Waals surface area contributed by atoms with Crippen molar-refractivity contribution in [3.8, 4) is 10.4 Å². The third-order valence-corrected chi connectivity index (χ3v) is 6.73. The fourth-order valence-electron chi connectivity index (χ4n) is 2.61. The van der Waals surface area contributed by atoms with Crippen LogP contribution in [0, 0.1) is 6.92 Å². The van der Waals surface area contributed by atoms with Crippen LogP contribution in [0.4, 0.5) is 5.13 Å². The van der Waals surface area contributed by atoms with Crippen molar-refractivity contribution < 1.29 is 22.7 Å². The second-order valence-electron chi connectivity index (χ2n) is 8.08. The minimum absolute atomic E-state index is 0.0214. The molecule has 0 saturated carbocycles. The minimum atomic E-state index is -3.49. The van der Waals surface area contributed by atoms with E-state index in [1.54, 1.807) is 33.8 Å². The molecule has 31 heavy (non-hydrogen) atoms. The number of ether oxygens (including phenoxy) is 1. The van der Waals surface area contributed by atoms with Crippen LogP contribution in [-0.2, 0) is 24.2 Å². The van der Waals surface area contributed by atoms with Crippen LogP contribution < -0.4 is 11.1 Å². The van der Waals surface area contributed by atoms with Gasteiger partial charge in [-0.05, 0) is 51.8 Å². The van der Waals surface area contributed by atoms with Crippen molar-refractivity contribution in [2.75, 3.05) is 11.6 Å². The van der Waals surface area contributed by atoms with Crippen LogP contribution in [0.1, 0.15) is 39.3 Å². The van der Waals surface area contributed by atoms with Crippen LogP contribution in [-0.4, -0.2) is 43.2 Å². The number of aryl methyl sites for hydroxylation is 1. The number of hydrogen-bond donors (Lipinski definition) is 2. The molecule has 0 saturated heterocycles. The zero-order valence-corrected chi connectivity index (χ0v) is 20.4. The molecule has 1 aromatic carbocycles. The molecule has 11 heteroatoms. The van der Waals surface area contributed by atoms with Crippen molar-refractivity contribution in [1.82, 2.24) is 4.98 Å². The third kappa shape index (κ3) is 7.27. The summed E-state index contributed by atoms with van der Waals surface area (Å²) in [6.45, 7) is 6.99. The quantitative estimate of drug-likeness (QED) is 0.571. The Kier molecular flexibility index (Phi) is 7.85. The molecule has 0 fully saturated rings. The van der Waals surface area contributed by atoms with Gasteiger partial charge in [-0.15, -0.1) is 0 Å². The topological polar surface area (TPSA) is 128 Å². The first-order chi connectivity index (χ1) is 14.2. The number of carbonyl (C=O) groups is 2. The molecule has 1 amide bonds. The maximum Gasteiger partial charge on any atom is 0.323 e. The molecular weight excluding hydrogens is 462 g/mol. The van der Waals surface area contributed by atoms with E-state index in [0.717, 1.165) is 6.26 Å². The fraction of sp³-hybridized carbons (Fsp3) is 0.450. The molecule has 8 nitrogen and oxygen atoms in total. The van der Waals surface area contributed by atoms with Crippen molar-refractivity contribution in [2.45, 2.75) is 57.1 Å². The van der Waals surface area contributed by atoms with Crippen molar-refractivity contribution >= 4 is 49.8 Å². The Labute approximate surface area is 191 Å². The molecule has 0 spiro atoms. The molecular formula is C20H26ClN3O5S2. The van der Waals surface area contributed by atoms with Gasteiger partial charge in [-0.3, -0.25) is 9.59 Å². The van der Waals surface area contributed by atoms with Gasteiger partial charge in [-0.25, -0.2) is 13.4 Å². The van der Waals surface area contributed by atoms with Crippen LogP contribution in [0.25, 0.3) is 10.4 Å². The number of esters is 1. The zero-order valence-electron chi connectivity index (χ0n) is 18.0. The number of aromatic nitrogens is 1. The number of carbonyl (C=O) groups excluding carboxylic acids is 2. The van der Waals surface area contributed by atoms with Gasteiger partial charge < -0.3 is 15.8 Å². The first-order valence-electron chi connectivity index (χ1n) is 9.43. The number of amides is 1. The average molecular weight is 488 g/mol. The number of benzene rings is 1. The molecule has 3 N–H and O–H groups in total. The summed E-state index contributed by atoms with van der Waals surface area (Å²) in [6.07, 6.45) is 1.24. The van der Waals surface area contributed by atoms with E-state index in [0.29, 0.717) is 21.3 Å². The van der Waals surface area contributed by atoms with E-state index in [1.165, 1.54) is 23.5 Å². The molecule has 1 heterocycles. The number of rotatable bonds is 7. The first kappa shape index (κ1) is 25.3. The summed E-state index contributed by atoms with van der Waals surface area (Å²) in [5.41, 5.74) is 6.42. The SMILES string of the molecule is Cc1nc(NC(=O)CC[C@H](N)C(=O)OC(C)(C)C)sc1-c1ccc(Cl)c(S(C)(=O)=O)c1. The number of halogens is 1. The molecule has 2 aromatic rings. The number of hydrogen-bond acceptors (Lipinski definition) is 8. The summed E-state index contributed by atoms with van der Waals surface area (Å²) in [6, 6.07) is 3.80. The van der Waals surface area contributed by atoms with Crippen molar-refractivity contribution in [3.05, 3.63) is 28.9 Å². The van der Waals surface area contributed by atoms with Crippen LogP contribution in [0.5, 0.6) is 0 Å². The second-order valence-corrected chi connectivity index (χ2v) is 11.5. The van der Waals surface area contributed by atoms with E-state index in [-0.39, 0.29) is 28.7 Å². The number of nitrogens with zero attached hydrogens (tertiary/aromatic N) is 1. The molecule has 2 rings (SSSR count). The van der Waals surface area contributed by atoms with Crippen LogP contribution in [0.15, 0.2) is 23.1 Å². The number of anilines is 1. The largest absolute Gasteiger partial charge is 0.459 e. The standard InChI is InChI=1S/C20H26ClN3O5S2/c1-11-17(12-6-7-13(21)15(10-12)31(5,27)28)30-19(23-11)24-16(25)9-8-14(22)18(26)29-20(2,3)4/h6-7,10,14H,8-9,22H2,1-5H3,(H,23,24,25)/t14-/m0/s1. The van der Waals surface area contributed by atoms with Crippen molar-refractivity contribution in [1.29, 1.82) is 0 Å². The van der Waals surface area contributed by atoms with Gasteiger partial charge in [0.05, 0.1) is 20.5 Å². The van der Waals surface area contributed by atoms with Crippen LogP contribution in [0.3, 0.4) is 0 Å². The molecule has 0 aliphatic rings. The van der Waals surface area contributed by atoms with Crippen molar-refractivity contribution in [2.24, 2.45) is 5.73 Å². The predicted molar refractivity (Wildman–Crippen MR) is 122 cm³/mol. The first-order valence-corrected chi connectivity index (χ1v) is 12.5. The summed E-state index contributed by atoms with van der Waals surface area (Å²) in [5.74, 6) is -0.899. The molecule has 0 unspecified atom stereocenters. The zero-order chi connectivity index (χ0) is 23.6. The number of nitrogens with one attached hydrogen (secondary N) is 1. The summed E-state index contributed by atoms with van der Waals surface area (Å²) < 4.78 is 29.1. The summed E-state index contributed by atoms with van der Waals surface area (Å²) in [4.78, 5) is 29.3. The Bertz CT molecular complexity index is 1090. The Hall–Kier alpha value is -2.01. The van der Waals surface area contributed by atoms with E-state index in [9.17, 15) is 18.0 Å². The van der Waals surface area contributed by atoms with Gasteiger partial charge in [0, 0.05) is 12.7 Å². The van der Waals surface area contributed by atoms with Gasteiger partial charge in [0.2, 0.25) is 5.91 Å². The number of sulfone groups is 1. The van der Waals surface area contributed by atoms with Gasteiger partial charge >= 0.3 is 5.97 Å². The number of nitrogens with two attached hydrogens (primary N) is 1. The lowest BCUT2D eigenvalue weighted by Gasteiger charge is -2.22. The molecule has 0 aliphatic heterocycles. The van der Waals surface area contributed by atoms with Crippen molar-refractivity contribution in [3.63, 3.8) is 0 Å². The Morgan fingerprint density at radius 2 is 1.97 bits per heavy atom. The van der Waals surface area contributed by atoms with E-state index in [1.807, 2.05) is 0 Å². The lowest BCUT2D eigenvalue weighted by Crippen LogP contribution is -2.37. The second kappa shape index (κ2) is 9.64.